The summed E-state index contributed by atoms with van der Waals surface area (Å²) in [6.07, 6.45) is 2.14. The lowest BCUT2D eigenvalue weighted by atomic mass is 10.1. The minimum absolute atomic E-state index is 0.286. The zero-order chi connectivity index (χ0) is 15.6. The molecule has 1 aromatic rings. The molecule has 1 fully saturated rings. The number of amides is 1. The van der Waals surface area contributed by atoms with Crippen molar-refractivity contribution in [2.75, 3.05) is 0 Å². The molecule has 0 aliphatic heterocycles. The van der Waals surface area contributed by atoms with E-state index in [-0.39, 0.29) is 18.0 Å². The summed E-state index contributed by atoms with van der Waals surface area (Å²) in [6, 6.07) is 0.551. The Morgan fingerprint density at radius 1 is 1.43 bits per heavy atom. The number of nitrogens with zero attached hydrogens (tertiary/aromatic N) is 1. The Bertz CT molecular complexity index is 653. The smallest absolute Gasteiger partial charge is 0.306 e. The highest BCUT2D eigenvalue weighted by Gasteiger charge is 2.31. The fourth-order valence-electron chi connectivity index (χ4n) is 2.35. The van der Waals surface area contributed by atoms with Crippen LogP contribution in [-0.2, 0) is 4.79 Å². The van der Waals surface area contributed by atoms with E-state index in [0.29, 0.717) is 12.8 Å². The van der Waals surface area contributed by atoms with Gasteiger partial charge >= 0.3 is 5.97 Å². The van der Waals surface area contributed by atoms with Crippen molar-refractivity contribution in [1.82, 2.24) is 10.3 Å². The number of nitrogens with one attached hydrogen (secondary N) is 2. The largest absolute Gasteiger partial charge is 0.481 e. The SMILES string of the molecule is O=C(N[C@H]1CC[C@@H](C(=O)O)C1)c1cc([N+](=O)[O-])c[nH]c1=O. The number of carboxylic acids is 1. The molecule has 1 heterocycles. The Morgan fingerprint density at radius 2 is 2.14 bits per heavy atom. The summed E-state index contributed by atoms with van der Waals surface area (Å²) in [5.41, 5.74) is -1.48. The molecule has 9 heteroatoms. The fourth-order valence-corrected chi connectivity index (χ4v) is 2.35. The Labute approximate surface area is 118 Å². The van der Waals surface area contributed by atoms with Crippen LogP contribution in [0.15, 0.2) is 17.1 Å². The third-order valence-corrected chi connectivity index (χ3v) is 3.46. The van der Waals surface area contributed by atoms with Crippen LogP contribution in [0.4, 0.5) is 5.69 Å². The summed E-state index contributed by atoms with van der Waals surface area (Å²) in [5, 5.41) is 22.1. The van der Waals surface area contributed by atoms with Gasteiger partial charge in [0.05, 0.1) is 17.0 Å². The molecule has 2 atom stereocenters. The van der Waals surface area contributed by atoms with Crippen molar-refractivity contribution in [2.45, 2.75) is 25.3 Å². The molecule has 1 aliphatic carbocycles. The quantitative estimate of drug-likeness (QED) is 0.537. The second-order valence-electron chi connectivity index (χ2n) is 4.88. The molecular weight excluding hydrogens is 282 g/mol. The number of pyridine rings is 1. The summed E-state index contributed by atoms with van der Waals surface area (Å²) in [7, 11) is 0. The number of aromatic nitrogens is 1. The molecular formula is C12H13N3O6. The van der Waals surface area contributed by atoms with Crippen molar-refractivity contribution in [3.8, 4) is 0 Å². The molecule has 0 unspecified atom stereocenters. The van der Waals surface area contributed by atoms with Crippen LogP contribution < -0.4 is 10.9 Å². The van der Waals surface area contributed by atoms with Gasteiger partial charge in [-0.25, -0.2) is 0 Å². The molecule has 1 aliphatic rings. The highest BCUT2D eigenvalue weighted by atomic mass is 16.6. The Morgan fingerprint density at radius 3 is 2.71 bits per heavy atom. The van der Waals surface area contributed by atoms with Crippen molar-refractivity contribution in [3.05, 3.63) is 38.3 Å². The van der Waals surface area contributed by atoms with Crippen molar-refractivity contribution >= 4 is 17.6 Å². The van der Waals surface area contributed by atoms with E-state index >= 15 is 0 Å². The first-order valence-electron chi connectivity index (χ1n) is 6.29. The van der Waals surface area contributed by atoms with E-state index in [1.54, 1.807) is 0 Å². The van der Waals surface area contributed by atoms with Crippen LogP contribution >= 0.6 is 0 Å². The third-order valence-electron chi connectivity index (χ3n) is 3.46. The third kappa shape index (κ3) is 3.25. The average Bonchev–Trinajstić information content (AvgIpc) is 2.87. The average molecular weight is 295 g/mol. The van der Waals surface area contributed by atoms with Gasteiger partial charge < -0.3 is 15.4 Å². The van der Waals surface area contributed by atoms with Gasteiger partial charge in [-0.1, -0.05) is 0 Å². The van der Waals surface area contributed by atoms with Crippen LogP contribution in [0.5, 0.6) is 0 Å². The van der Waals surface area contributed by atoms with Crippen molar-refractivity contribution in [3.63, 3.8) is 0 Å². The predicted octanol–water partition coefficient (Wildman–Crippen LogP) is 0.266. The Hall–Kier alpha value is -2.71. The number of carboxylic acid groups (broad SMARTS) is 1. The van der Waals surface area contributed by atoms with E-state index in [2.05, 4.69) is 10.3 Å². The first-order valence-corrected chi connectivity index (χ1v) is 6.29. The molecule has 0 bridgehead atoms. The van der Waals surface area contributed by atoms with Gasteiger partial charge in [0.2, 0.25) is 0 Å². The molecule has 0 aromatic carbocycles. The van der Waals surface area contributed by atoms with Crippen LogP contribution in [0, 0.1) is 16.0 Å². The van der Waals surface area contributed by atoms with E-state index in [4.69, 9.17) is 5.11 Å². The van der Waals surface area contributed by atoms with Gasteiger partial charge in [0, 0.05) is 12.1 Å². The second kappa shape index (κ2) is 5.73. The first kappa shape index (κ1) is 14.7. The number of carbonyl (C=O) groups is 2. The molecule has 112 valence electrons. The van der Waals surface area contributed by atoms with Crippen LogP contribution in [0.3, 0.4) is 0 Å². The van der Waals surface area contributed by atoms with Crippen LogP contribution in [-0.4, -0.2) is 32.9 Å². The second-order valence-corrected chi connectivity index (χ2v) is 4.88. The molecule has 21 heavy (non-hydrogen) atoms. The summed E-state index contributed by atoms with van der Waals surface area (Å²) < 4.78 is 0. The number of hydrogen-bond acceptors (Lipinski definition) is 5. The summed E-state index contributed by atoms with van der Waals surface area (Å²) in [6.45, 7) is 0. The lowest BCUT2D eigenvalue weighted by Crippen LogP contribution is -2.36. The van der Waals surface area contributed by atoms with Crippen molar-refractivity contribution < 1.29 is 19.6 Å². The highest BCUT2D eigenvalue weighted by molar-refractivity contribution is 5.94. The number of hydrogen-bond donors (Lipinski definition) is 3. The Kier molecular flexibility index (Phi) is 4.01. The fraction of sp³-hybridized carbons (Fsp3) is 0.417. The lowest BCUT2D eigenvalue weighted by Gasteiger charge is -2.11. The first-order chi connectivity index (χ1) is 9.88. The summed E-state index contributed by atoms with van der Waals surface area (Å²) in [5.74, 6) is -2.17. The van der Waals surface area contributed by atoms with Crippen LogP contribution in [0.1, 0.15) is 29.6 Å². The number of nitro groups is 1. The molecule has 0 saturated heterocycles. The highest BCUT2D eigenvalue weighted by Crippen LogP contribution is 2.25. The molecule has 3 N–H and O–H groups in total. The molecule has 1 amide bonds. The van der Waals surface area contributed by atoms with Gasteiger partial charge in [-0.05, 0) is 19.3 Å². The number of rotatable bonds is 4. The predicted molar refractivity (Wildman–Crippen MR) is 69.9 cm³/mol. The zero-order valence-electron chi connectivity index (χ0n) is 10.9. The van der Waals surface area contributed by atoms with E-state index in [0.717, 1.165) is 12.3 Å². The maximum absolute atomic E-state index is 12.0. The number of aromatic amines is 1. The normalized spacial score (nSPS) is 21.0. The van der Waals surface area contributed by atoms with E-state index in [1.807, 2.05) is 0 Å². The Balaban J connectivity index is 2.11. The van der Waals surface area contributed by atoms with Gasteiger partial charge in [0.1, 0.15) is 5.56 Å². The summed E-state index contributed by atoms with van der Waals surface area (Å²) >= 11 is 0. The minimum Gasteiger partial charge on any atom is -0.481 e. The van der Waals surface area contributed by atoms with Crippen molar-refractivity contribution in [1.29, 1.82) is 0 Å². The van der Waals surface area contributed by atoms with Gasteiger partial charge in [-0.15, -0.1) is 0 Å². The molecule has 1 saturated carbocycles. The maximum Gasteiger partial charge on any atom is 0.306 e. The molecule has 0 radical (unpaired) electrons. The minimum atomic E-state index is -0.917. The van der Waals surface area contributed by atoms with Crippen LogP contribution in [0.2, 0.25) is 0 Å². The standard InChI is InChI=1S/C12H13N3O6/c16-10-9(4-8(5-13-10)15(20)21)11(17)14-7-2-1-6(3-7)12(18)19/h4-7H,1-3H2,(H,13,16)(H,14,17)(H,18,19)/t6-,7+/m1/s1. The van der Waals surface area contributed by atoms with Gasteiger partial charge in [-0.2, -0.15) is 0 Å². The van der Waals surface area contributed by atoms with Crippen molar-refractivity contribution in [2.24, 2.45) is 5.92 Å². The van der Waals surface area contributed by atoms with E-state index in [1.165, 1.54) is 0 Å². The lowest BCUT2D eigenvalue weighted by molar-refractivity contribution is -0.385. The van der Waals surface area contributed by atoms with Crippen LogP contribution in [0.25, 0.3) is 0 Å². The van der Waals surface area contributed by atoms with Gasteiger partial charge in [0.15, 0.2) is 0 Å². The number of aliphatic carboxylic acids is 1. The summed E-state index contributed by atoms with van der Waals surface area (Å²) in [4.78, 5) is 46.4. The molecule has 0 spiro atoms. The topological polar surface area (TPSA) is 142 Å². The van der Waals surface area contributed by atoms with Gasteiger partial charge in [-0.3, -0.25) is 24.5 Å². The molecule has 9 nitrogen and oxygen atoms in total. The molecule has 1 aromatic heterocycles. The van der Waals surface area contributed by atoms with E-state index in [9.17, 15) is 24.5 Å². The van der Waals surface area contributed by atoms with Gasteiger partial charge in [0.25, 0.3) is 17.2 Å². The number of H-pyrrole nitrogens is 1. The molecule has 2 rings (SSSR count). The monoisotopic (exact) mass is 295 g/mol. The van der Waals surface area contributed by atoms with E-state index < -0.39 is 34.0 Å². The number of carbonyl (C=O) groups excluding carboxylic acids is 1. The maximum atomic E-state index is 12.0. The zero-order valence-corrected chi connectivity index (χ0v) is 10.9.